The van der Waals surface area contributed by atoms with Crippen molar-refractivity contribution in [3.05, 3.63) is 59.7 Å². The minimum Gasteiger partial charge on any atom is -0.468 e. The first-order valence-corrected chi connectivity index (χ1v) is 8.34. The van der Waals surface area contributed by atoms with Crippen LogP contribution in [0.1, 0.15) is 23.7 Å². The highest BCUT2D eigenvalue weighted by atomic mass is 16.7. The minimum atomic E-state index is -1.12. The molecule has 1 fully saturated rings. The van der Waals surface area contributed by atoms with Gasteiger partial charge in [-0.2, -0.15) is 0 Å². The monoisotopic (exact) mass is 354 g/mol. The van der Waals surface area contributed by atoms with Gasteiger partial charge in [-0.1, -0.05) is 36.4 Å². The van der Waals surface area contributed by atoms with Crippen molar-refractivity contribution in [2.75, 3.05) is 13.9 Å². The molecular weight excluding hydrogens is 336 g/mol. The maximum absolute atomic E-state index is 12.8. The molecule has 2 aromatic carbocycles. The average molecular weight is 354 g/mol. The second-order valence-electron chi connectivity index (χ2n) is 6.47. The van der Waals surface area contributed by atoms with E-state index >= 15 is 0 Å². The zero-order valence-electron chi connectivity index (χ0n) is 14.3. The molecule has 2 heterocycles. The van der Waals surface area contributed by atoms with Crippen molar-refractivity contribution in [1.82, 2.24) is 0 Å². The zero-order valence-corrected chi connectivity index (χ0v) is 14.3. The van der Waals surface area contributed by atoms with E-state index in [-0.39, 0.29) is 13.2 Å². The van der Waals surface area contributed by atoms with Crippen LogP contribution in [0.15, 0.2) is 48.5 Å². The Morgan fingerprint density at radius 3 is 2.69 bits per heavy atom. The van der Waals surface area contributed by atoms with Crippen molar-refractivity contribution in [3.63, 3.8) is 0 Å². The molecule has 0 saturated carbocycles. The maximum Gasteiger partial charge on any atom is 0.316 e. The fourth-order valence-corrected chi connectivity index (χ4v) is 3.68. The van der Waals surface area contributed by atoms with E-state index in [1.165, 1.54) is 7.11 Å². The fraction of sp³-hybridized carbons (Fsp3) is 0.300. The molecule has 2 unspecified atom stereocenters. The van der Waals surface area contributed by atoms with Crippen molar-refractivity contribution in [1.29, 1.82) is 0 Å². The van der Waals surface area contributed by atoms with Crippen LogP contribution >= 0.6 is 0 Å². The topological polar surface area (TPSA) is 71.1 Å². The number of benzene rings is 2. The number of hydrogen-bond donors (Lipinski definition) is 0. The van der Waals surface area contributed by atoms with Gasteiger partial charge >= 0.3 is 11.9 Å². The molecule has 6 nitrogen and oxygen atoms in total. The minimum absolute atomic E-state index is 0.0341. The highest BCUT2D eigenvalue weighted by Crippen LogP contribution is 2.49. The smallest absolute Gasteiger partial charge is 0.316 e. The molecule has 0 amide bonds. The van der Waals surface area contributed by atoms with Crippen LogP contribution in [0.5, 0.6) is 11.5 Å². The van der Waals surface area contributed by atoms with Crippen LogP contribution in [0.2, 0.25) is 0 Å². The van der Waals surface area contributed by atoms with E-state index < -0.39 is 23.5 Å². The van der Waals surface area contributed by atoms with Gasteiger partial charge in [0.1, 0.15) is 11.5 Å². The van der Waals surface area contributed by atoms with Crippen LogP contribution in [0.3, 0.4) is 0 Å². The Morgan fingerprint density at radius 2 is 1.92 bits per heavy atom. The van der Waals surface area contributed by atoms with Gasteiger partial charge < -0.3 is 18.9 Å². The summed E-state index contributed by atoms with van der Waals surface area (Å²) in [5.74, 6) is 0.420. The lowest BCUT2D eigenvalue weighted by atomic mass is 9.73. The quantitative estimate of drug-likeness (QED) is 0.787. The molecule has 0 aromatic heterocycles. The van der Waals surface area contributed by atoms with E-state index in [2.05, 4.69) is 0 Å². The number of fused-ring (bicyclic) bond motifs is 1. The predicted molar refractivity (Wildman–Crippen MR) is 90.6 cm³/mol. The van der Waals surface area contributed by atoms with E-state index in [0.717, 1.165) is 11.1 Å². The lowest BCUT2D eigenvalue weighted by molar-refractivity contribution is -0.157. The van der Waals surface area contributed by atoms with Crippen molar-refractivity contribution in [2.45, 2.75) is 18.9 Å². The summed E-state index contributed by atoms with van der Waals surface area (Å²) in [5, 5.41) is 0. The van der Waals surface area contributed by atoms with Crippen LogP contribution < -0.4 is 9.47 Å². The summed E-state index contributed by atoms with van der Waals surface area (Å²) in [6, 6.07) is 14.8. The Hall–Kier alpha value is -3.02. The lowest BCUT2D eigenvalue weighted by Crippen LogP contribution is -2.37. The molecule has 0 aliphatic carbocycles. The summed E-state index contributed by atoms with van der Waals surface area (Å²) < 4.78 is 21.4. The van der Waals surface area contributed by atoms with Gasteiger partial charge in [-0.3, -0.25) is 9.59 Å². The second-order valence-corrected chi connectivity index (χ2v) is 6.47. The van der Waals surface area contributed by atoms with Gasteiger partial charge in [-0.15, -0.1) is 0 Å². The Bertz CT molecular complexity index is 847. The number of carbonyl (C=O) groups is 2. The van der Waals surface area contributed by atoms with Crippen molar-refractivity contribution >= 4 is 11.9 Å². The molecule has 2 aromatic rings. The van der Waals surface area contributed by atoms with Gasteiger partial charge in [0.25, 0.3) is 0 Å². The third kappa shape index (κ3) is 2.67. The fourth-order valence-electron chi connectivity index (χ4n) is 3.68. The first kappa shape index (κ1) is 16.4. The number of methoxy groups -OCH3 is 1. The molecule has 1 saturated heterocycles. The standard InChI is InChI=1S/C20H18O6/c1-23-19(22)20(10-13-7-8-15-16(9-13)25-12-24-15)11-17(21)26-18(20)14-5-3-2-4-6-14/h2-9,18H,10-12H2,1H3. The molecule has 26 heavy (non-hydrogen) atoms. The van der Waals surface area contributed by atoms with Crippen LogP contribution in [0.4, 0.5) is 0 Å². The third-order valence-electron chi connectivity index (χ3n) is 4.86. The van der Waals surface area contributed by atoms with Crippen LogP contribution in [0, 0.1) is 5.41 Å². The molecule has 134 valence electrons. The van der Waals surface area contributed by atoms with Gasteiger partial charge in [0.15, 0.2) is 11.5 Å². The molecule has 0 spiro atoms. The van der Waals surface area contributed by atoms with Crippen molar-refractivity contribution < 1.29 is 28.5 Å². The summed E-state index contributed by atoms with van der Waals surface area (Å²) in [6.07, 6.45) is -0.441. The van der Waals surface area contributed by atoms with Gasteiger partial charge in [-0.05, 0) is 29.7 Å². The van der Waals surface area contributed by atoms with Gasteiger partial charge in [0.2, 0.25) is 6.79 Å². The Morgan fingerprint density at radius 1 is 1.15 bits per heavy atom. The second kappa shape index (κ2) is 6.37. The summed E-state index contributed by atoms with van der Waals surface area (Å²) in [7, 11) is 1.33. The average Bonchev–Trinajstić information content (AvgIpc) is 3.26. The van der Waals surface area contributed by atoms with E-state index in [0.29, 0.717) is 17.9 Å². The molecule has 0 radical (unpaired) electrons. The zero-order chi connectivity index (χ0) is 18.1. The van der Waals surface area contributed by atoms with Crippen molar-refractivity contribution in [3.8, 4) is 11.5 Å². The van der Waals surface area contributed by atoms with E-state index in [1.807, 2.05) is 42.5 Å². The van der Waals surface area contributed by atoms with E-state index in [9.17, 15) is 9.59 Å². The molecule has 2 aliphatic heterocycles. The van der Waals surface area contributed by atoms with E-state index in [4.69, 9.17) is 18.9 Å². The van der Waals surface area contributed by atoms with Gasteiger partial charge in [0, 0.05) is 0 Å². The summed E-state index contributed by atoms with van der Waals surface area (Å²) >= 11 is 0. The predicted octanol–water partition coefficient (Wildman–Crippen LogP) is 2.81. The van der Waals surface area contributed by atoms with Gasteiger partial charge in [0.05, 0.1) is 13.5 Å². The van der Waals surface area contributed by atoms with Crippen LogP contribution in [0.25, 0.3) is 0 Å². The largest absolute Gasteiger partial charge is 0.468 e. The summed E-state index contributed by atoms with van der Waals surface area (Å²) in [5.41, 5.74) is 0.490. The molecule has 4 rings (SSSR count). The normalized spacial score (nSPS) is 23.6. The number of ether oxygens (including phenoxy) is 4. The van der Waals surface area contributed by atoms with Crippen molar-refractivity contribution in [2.24, 2.45) is 5.41 Å². The van der Waals surface area contributed by atoms with Crippen LogP contribution in [-0.2, 0) is 25.5 Å². The Labute approximate surface area is 150 Å². The highest BCUT2D eigenvalue weighted by molar-refractivity contribution is 5.88. The summed E-state index contributed by atoms with van der Waals surface area (Å²) in [4.78, 5) is 25.0. The molecule has 0 bridgehead atoms. The summed E-state index contributed by atoms with van der Waals surface area (Å²) in [6.45, 7) is 0.176. The number of cyclic esters (lactones) is 1. The number of rotatable bonds is 4. The molecular formula is C20H18O6. The number of hydrogen-bond acceptors (Lipinski definition) is 6. The Kier molecular flexibility index (Phi) is 4.03. The number of esters is 2. The first-order valence-electron chi connectivity index (χ1n) is 8.34. The number of carbonyl (C=O) groups excluding carboxylic acids is 2. The lowest BCUT2D eigenvalue weighted by Gasteiger charge is -2.30. The molecule has 2 atom stereocenters. The highest BCUT2D eigenvalue weighted by Gasteiger charge is 2.56. The van der Waals surface area contributed by atoms with Crippen LogP contribution in [-0.4, -0.2) is 25.8 Å². The SMILES string of the molecule is COC(=O)C1(Cc2ccc3c(c2)OCO3)CC(=O)OC1c1ccccc1. The molecule has 2 aliphatic rings. The Balaban J connectivity index is 1.75. The van der Waals surface area contributed by atoms with Gasteiger partial charge in [-0.25, -0.2) is 0 Å². The van der Waals surface area contributed by atoms with E-state index in [1.54, 1.807) is 6.07 Å². The maximum atomic E-state index is 12.8. The first-order chi connectivity index (χ1) is 12.6. The molecule has 6 heteroatoms. The third-order valence-corrected chi connectivity index (χ3v) is 4.86. The molecule has 0 N–H and O–H groups in total.